The molecule has 2 nitrogen and oxygen atoms in total. The molecule has 0 radical (unpaired) electrons. The van der Waals surface area contributed by atoms with E-state index in [0.717, 1.165) is 43.1 Å². The van der Waals surface area contributed by atoms with Crippen molar-refractivity contribution < 1.29 is 4.74 Å². The van der Waals surface area contributed by atoms with Crippen LogP contribution in [0.1, 0.15) is 25.8 Å². The molecule has 1 rings (SSSR count). The Morgan fingerprint density at radius 2 is 2.00 bits per heavy atom. The van der Waals surface area contributed by atoms with Crippen LogP contribution < -0.4 is 5.32 Å². The van der Waals surface area contributed by atoms with Crippen molar-refractivity contribution in [2.24, 2.45) is 5.41 Å². The average molecular weight is 304 g/mol. The van der Waals surface area contributed by atoms with E-state index in [0.29, 0.717) is 5.02 Å². The standard InChI is InChI=1S/C15H23Cl2NO/c1-15(2,11-18-8-9-19-3)7-6-12-4-5-13(16)10-14(12)17/h4-5,10,18H,6-9,11H2,1-3H3. The minimum absolute atomic E-state index is 0.233. The summed E-state index contributed by atoms with van der Waals surface area (Å²) < 4.78 is 5.02. The van der Waals surface area contributed by atoms with E-state index in [-0.39, 0.29) is 5.41 Å². The lowest BCUT2D eigenvalue weighted by molar-refractivity contribution is 0.193. The molecular formula is C15H23Cl2NO. The van der Waals surface area contributed by atoms with E-state index in [2.05, 4.69) is 19.2 Å². The normalized spacial score (nSPS) is 11.8. The van der Waals surface area contributed by atoms with Gasteiger partial charge in [0, 0.05) is 30.2 Å². The molecule has 0 aromatic heterocycles. The zero-order valence-electron chi connectivity index (χ0n) is 11.9. The molecule has 0 heterocycles. The fourth-order valence-electron chi connectivity index (χ4n) is 1.89. The van der Waals surface area contributed by atoms with Crippen molar-refractivity contribution in [3.8, 4) is 0 Å². The molecule has 108 valence electrons. The summed E-state index contributed by atoms with van der Waals surface area (Å²) in [6, 6.07) is 5.72. The van der Waals surface area contributed by atoms with Crippen LogP contribution in [0.25, 0.3) is 0 Å². The third kappa shape index (κ3) is 6.62. The van der Waals surface area contributed by atoms with Crippen molar-refractivity contribution in [2.75, 3.05) is 26.8 Å². The molecule has 4 heteroatoms. The van der Waals surface area contributed by atoms with Gasteiger partial charge in [-0.1, -0.05) is 43.1 Å². The van der Waals surface area contributed by atoms with Gasteiger partial charge in [0.25, 0.3) is 0 Å². The monoisotopic (exact) mass is 303 g/mol. The largest absolute Gasteiger partial charge is 0.383 e. The third-order valence-electron chi connectivity index (χ3n) is 3.17. The molecule has 1 aromatic rings. The number of nitrogens with one attached hydrogen (secondary N) is 1. The molecule has 19 heavy (non-hydrogen) atoms. The number of rotatable bonds is 8. The summed E-state index contributed by atoms with van der Waals surface area (Å²) in [4.78, 5) is 0. The topological polar surface area (TPSA) is 21.3 Å². The van der Waals surface area contributed by atoms with E-state index in [4.69, 9.17) is 27.9 Å². The molecular weight excluding hydrogens is 281 g/mol. The second kappa shape index (κ2) is 8.11. The van der Waals surface area contributed by atoms with Gasteiger partial charge < -0.3 is 10.1 Å². The third-order valence-corrected chi connectivity index (χ3v) is 3.76. The van der Waals surface area contributed by atoms with Gasteiger partial charge in [-0.3, -0.25) is 0 Å². The highest BCUT2D eigenvalue weighted by Crippen LogP contribution is 2.27. The van der Waals surface area contributed by atoms with Gasteiger partial charge in [0.2, 0.25) is 0 Å². The molecule has 1 N–H and O–H groups in total. The minimum Gasteiger partial charge on any atom is -0.383 e. The Hall–Kier alpha value is -0.280. The first kappa shape index (κ1) is 16.8. The fraction of sp³-hybridized carbons (Fsp3) is 0.600. The van der Waals surface area contributed by atoms with Crippen LogP contribution in [0, 0.1) is 5.41 Å². The molecule has 0 aliphatic carbocycles. The second-order valence-electron chi connectivity index (χ2n) is 5.57. The maximum Gasteiger partial charge on any atom is 0.0587 e. The van der Waals surface area contributed by atoms with Gasteiger partial charge in [-0.05, 0) is 36.0 Å². The number of benzene rings is 1. The summed E-state index contributed by atoms with van der Waals surface area (Å²) in [5.74, 6) is 0. The first-order chi connectivity index (χ1) is 8.94. The molecule has 0 saturated heterocycles. The van der Waals surface area contributed by atoms with Crippen molar-refractivity contribution in [2.45, 2.75) is 26.7 Å². The lowest BCUT2D eigenvalue weighted by Gasteiger charge is -2.25. The van der Waals surface area contributed by atoms with Gasteiger partial charge in [0.1, 0.15) is 0 Å². The summed E-state index contributed by atoms with van der Waals surface area (Å²) in [6.45, 7) is 7.13. The highest BCUT2D eigenvalue weighted by Gasteiger charge is 2.17. The van der Waals surface area contributed by atoms with Crippen molar-refractivity contribution in [3.05, 3.63) is 33.8 Å². The molecule has 0 atom stereocenters. The molecule has 0 fully saturated rings. The summed E-state index contributed by atoms with van der Waals surface area (Å²) >= 11 is 12.1. The van der Waals surface area contributed by atoms with E-state index in [1.54, 1.807) is 7.11 Å². The van der Waals surface area contributed by atoms with Crippen LogP contribution >= 0.6 is 23.2 Å². The predicted molar refractivity (Wildman–Crippen MR) is 83.3 cm³/mol. The van der Waals surface area contributed by atoms with Crippen LogP contribution in [0.2, 0.25) is 10.0 Å². The van der Waals surface area contributed by atoms with Crippen molar-refractivity contribution in [1.82, 2.24) is 5.32 Å². The highest BCUT2D eigenvalue weighted by molar-refractivity contribution is 6.35. The quantitative estimate of drug-likeness (QED) is 0.727. The summed E-state index contributed by atoms with van der Waals surface area (Å²) in [5, 5.41) is 4.86. The van der Waals surface area contributed by atoms with Gasteiger partial charge in [-0.2, -0.15) is 0 Å². The van der Waals surface area contributed by atoms with Crippen molar-refractivity contribution in [3.63, 3.8) is 0 Å². The SMILES string of the molecule is COCCNCC(C)(C)CCc1ccc(Cl)cc1Cl. The lowest BCUT2D eigenvalue weighted by Crippen LogP contribution is -2.32. The Balaban J connectivity index is 2.41. The van der Waals surface area contributed by atoms with Gasteiger partial charge in [-0.15, -0.1) is 0 Å². The summed E-state index contributed by atoms with van der Waals surface area (Å²) in [6.07, 6.45) is 2.04. The molecule has 0 amide bonds. The molecule has 0 aliphatic rings. The van der Waals surface area contributed by atoms with Crippen LogP contribution in [0.15, 0.2) is 18.2 Å². The molecule has 1 aromatic carbocycles. The minimum atomic E-state index is 0.233. The van der Waals surface area contributed by atoms with E-state index in [1.165, 1.54) is 0 Å². The zero-order chi connectivity index (χ0) is 14.3. The smallest absolute Gasteiger partial charge is 0.0587 e. The van der Waals surface area contributed by atoms with Crippen molar-refractivity contribution in [1.29, 1.82) is 0 Å². The maximum atomic E-state index is 6.19. The highest BCUT2D eigenvalue weighted by atomic mass is 35.5. The first-order valence-electron chi connectivity index (χ1n) is 6.58. The molecule has 0 spiro atoms. The predicted octanol–water partition coefficient (Wildman–Crippen LogP) is 4.19. The average Bonchev–Trinajstić information content (AvgIpc) is 2.34. The van der Waals surface area contributed by atoms with Crippen LogP contribution in [0.5, 0.6) is 0 Å². The Bertz CT molecular complexity index is 394. The number of hydrogen-bond donors (Lipinski definition) is 1. The molecule has 0 bridgehead atoms. The molecule has 0 saturated carbocycles. The Morgan fingerprint density at radius 3 is 2.63 bits per heavy atom. The van der Waals surface area contributed by atoms with E-state index in [1.807, 2.05) is 18.2 Å². The summed E-state index contributed by atoms with van der Waals surface area (Å²) in [7, 11) is 1.72. The number of ether oxygens (including phenoxy) is 1. The van der Waals surface area contributed by atoms with Crippen LogP contribution in [0.3, 0.4) is 0 Å². The summed E-state index contributed by atoms with van der Waals surface area (Å²) in [5.41, 5.74) is 1.40. The number of halogens is 2. The molecule has 0 unspecified atom stereocenters. The number of hydrogen-bond acceptors (Lipinski definition) is 2. The Morgan fingerprint density at radius 1 is 1.26 bits per heavy atom. The van der Waals surface area contributed by atoms with Crippen LogP contribution in [-0.2, 0) is 11.2 Å². The number of methoxy groups -OCH3 is 1. The van der Waals surface area contributed by atoms with Crippen molar-refractivity contribution >= 4 is 23.2 Å². The van der Waals surface area contributed by atoms with Gasteiger partial charge in [0.15, 0.2) is 0 Å². The lowest BCUT2D eigenvalue weighted by atomic mass is 9.86. The zero-order valence-corrected chi connectivity index (χ0v) is 13.4. The maximum absolute atomic E-state index is 6.19. The van der Waals surface area contributed by atoms with Gasteiger partial charge in [0.05, 0.1) is 6.61 Å². The first-order valence-corrected chi connectivity index (χ1v) is 7.34. The Kier molecular flexibility index (Phi) is 7.16. The van der Waals surface area contributed by atoms with Crippen LogP contribution in [-0.4, -0.2) is 26.8 Å². The van der Waals surface area contributed by atoms with Crippen LogP contribution in [0.4, 0.5) is 0 Å². The van der Waals surface area contributed by atoms with Gasteiger partial charge >= 0.3 is 0 Å². The molecule has 0 aliphatic heterocycles. The second-order valence-corrected chi connectivity index (χ2v) is 6.41. The van der Waals surface area contributed by atoms with E-state index in [9.17, 15) is 0 Å². The Labute approximate surface area is 126 Å². The fourth-order valence-corrected chi connectivity index (χ4v) is 2.39. The van der Waals surface area contributed by atoms with E-state index < -0.39 is 0 Å². The number of aryl methyl sites for hydroxylation is 1. The van der Waals surface area contributed by atoms with E-state index >= 15 is 0 Å². The van der Waals surface area contributed by atoms with Gasteiger partial charge in [-0.25, -0.2) is 0 Å².